The lowest BCUT2D eigenvalue weighted by Gasteiger charge is -2.34. The molecule has 1 unspecified atom stereocenters. The van der Waals surface area contributed by atoms with Gasteiger partial charge in [0.15, 0.2) is 0 Å². The molecule has 0 aliphatic carbocycles. The topological polar surface area (TPSA) is 73.7 Å². The first-order valence-corrected chi connectivity index (χ1v) is 12.5. The molecule has 1 amide bonds. The van der Waals surface area contributed by atoms with Crippen molar-refractivity contribution >= 4 is 16.8 Å². The molecule has 1 heterocycles. The van der Waals surface area contributed by atoms with Crippen LogP contribution < -0.4 is 15.0 Å². The molecule has 0 N–H and O–H groups in total. The van der Waals surface area contributed by atoms with Gasteiger partial charge in [-0.3, -0.25) is 14.2 Å². The molecule has 4 aromatic rings. The number of nitrogens with zero attached hydrogens (tertiary/aromatic N) is 3. The van der Waals surface area contributed by atoms with E-state index in [0.717, 1.165) is 0 Å². The Hall–Kier alpha value is -4.13. The molecule has 37 heavy (non-hydrogen) atoms. The average Bonchev–Trinajstić information content (AvgIpc) is 2.92. The van der Waals surface area contributed by atoms with Crippen molar-refractivity contribution in [2.45, 2.75) is 33.2 Å². The maximum absolute atomic E-state index is 14.0. The number of carbonyl (C=O) groups is 1. The van der Waals surface area contributed by atoms with Gasteiger partial charge in [-0.05, 0) is 54.8 Å². The summed E-state index contributed by atoms with van der Waals surface area (Å²) in [7, 11) is 3.15. The van der Waals surface area contributed by atoms with Crippen LogP contribution in [-0.2, 0) is 0 Å². The summed E-state index contributed by atoms with van der Waals surface area (Å²) in [4.78, 5) is 34.7. The van der Waals surface area contributed by atoms with Gasteiger partial charge in [0.25, 0.3) is 11.5 Å². The summed E-state index contributed by atoms with van der Waals surface area (Å²) < 4.78 is 12.6. The molecule has 0 bridgehead atoms. The molecule has 0 aliphatic heterocycles. The highest BCUT2D eigenvalue weighted by molar-refractivity contribution is 5.95. The molecule has 0 spiro atoms. The van der Waals surface area contributed by atoms with E-state index >= 15 is 0 Å². The number of rotatable bonds is 9. The summed E-state index contributed by atoms with van der Waals surface area (Å²) in [5.41, 5.74) is 1.48. The number of hydrogen-bond donors (Lipinski definition) is 0. The molecule has 1 atom stereocenters. The summed E-state index contributed by atoms with van der Waals surface area (Å²) in [6.07, 6.45) is 0.558. The van der Waals surface area contributed by atoms with E-state index in [1.54, 1.807) is 43.1 Å². The van der Waals surface area contributed by atoms with E-state index in [9.17, 15) is 9.59 Å². The Morgan fingerprint density at radius 3 is 2.41 bits per heavy atom. The van der Waals surface area contributed by atoms with Crippen LogP contribution in [0.4, 0.5) is 0 Å². The molecule has 7 heteroatoms. The first-order chi connectivity index (χ1) is 17.9. The van der Waals surface area contributed by atoms with Crippen molar-refractivity contribution in [1.29, 1.82) is 0 Å². The highest BCUT2D eigenvalue weighted by atomic mass is 16.5. The number of amides is 1. The van der Waals surface area contributed by atoms with Crippen LogP contribution in [0, 0.1) is 5.92 Å². The summed E-state index contributed by atoms with van der Waals surface area (Å²) in [6.45, 7) is 6.63. The number of hydrogen-bond acceptors (Lipinski definition) is 5. The van der Waals surface area contributed by atoms with E-state index < -0.39 is 6.04 Å². The largest absolute Gasteiger partial charge is 0.497 e. The zero-order chi connectivity index (χ0) is 26.5. The van der Waals surface area contributed by atoms with E-state index in [1.165, 1.54) is 0 Å². The van der Waals surface area contributed by atoms with Crippen molar-refractivity contribution in [3.8, 4) is 17.2 Å². The number of methoxy groups -OCH3 is 2. The van der Waals surface area contributed by atoms with E-state index in [0.29, 0.717) is 52.4 Å². The SMILES string of the molecule is CCC(c1nc2ccccc2c(=O)n1-c1ccccc1OC)N(CC(C)C)C(=O)c1cccc(OC)c1. The third kappa shape index (κ3) is 5.21. The van der Waals surface area contributed by atoms with Gasteiger partial charge in [-0.2, -0.15) is 0 Å². The summed E-state index contributed by atoms with van der Waals surface area (Å²) >= 11 is 0. The molecular weight excluding hydrogens is 466 g/mol. The van der Waals surface area contributed by atoms with Crippen molar-refractivity contribution in [2.24, 2.45) is 5.92 Å². The third-order valence-corrected chi connectivity index (χ3v) is 6.33. The molecule has 0 saturated carbocycles. The molecular formula is C30H33N3O4. The van der Waals surface area contributed by atoms with Gasteiger partial charge in [0.1, 0.15) is 17.3 Å². The van der Waals surface area contributed by atoms with Gasteiger partial charge >= 0.3 is 0 Å². The Kier molecular flexibility index (Phi) is 7.92. The van der Waals surface area contributed by atoms with E-state index in [-0.39, 0.29) is 17.4 Å². The van der Waals surface area contributed by atoms with Gasteiger partial charge in [-0.25, -0.2) is 4.98 Å². The number of para-hydroxylation sites is 3. The lowest BCUT2D eigenvalue weighted by Crippen LogP contribution is -2.40. The Labute approximate surface area is 217 Å². The first-order valence-electron chi connectivity index (χ1n) is 12.5. The van der Waals surface area contributed by atoms with Crippen LogP contribution in [0.3, 0.4) is 0 Å². The van der Waals surface area contributed by atoms with Gasteiger partial charge in [-0.15, -0.1) is 0 Å². The van der Waals surface area contributed by atoms with E-state index in [4.69, 9.17) is 14.5 Å². The summed E-state index contributed by atoms with van der Waals surface area (Å²) in [6, 6.07) is 21.3. The zero-order valence-corrected chi connectivity index (χ0v) is 22.0. The normalized spacial score (nSPS) is 11.9. The fourth-order valence-electron chi connectivity index (χ4n) is 4.63. The van der Waals surface area contributed by atoms with Gasteiger partial charge in [0, 0.05) is 12.1 Å². The lowest BCUT2D eigenvalue weighted by atomic mass is 10.0. The number of carbonyl (C=O) groups excluding carboxylic acids is 1. The highest BCUT2D eigenvalue weighted by Gasteiger charge is 2.31. The third-order valence-electron chi connectivity index (χ3n) is 6.33. The van der Waals surface area contributed by atoms with Crippen molar-refractivity contribution in [2.75, 3.05) is 20.8 Å². The van der Waals surface area contributed by atoms with Crippen LogP contribution in [0.1, 0.15) is 49.4 Å². The fourth-order valence-corrected chi connectivity index (χ4v) is 4.63. The van der Waals surface area contributed by atoms with Gasteiger partial charge in [0.05, 0.1) is 36.9 Å². The molecule has 0 radical (unpaired) electrons. The molecule has 4 rings (SSSR count). The van der Waals surface area contributed by atoms with Crippen LogP contribution in [0.25, 0.3) is 16.6 Å². The molecule has 0 saturated heterocycles. The minimum Gasteiger partial charge on any atom is -0.497 e. The van der Waals surface area contributed by atoms with Gasteiger partial charge in [0.2, 0.25) is 0 Å². The van der Waals surface area contributed by atoms with E-state index in [1.807, 2.05) is 60.4 Å². The number of ether oxygens (including phenoxy) is 2. The number of fused-ring (bicyclic) bond motifs is 1. The van der Waals surface area contributed by atoms with Crippen molar-refractivity contribution in [1.82, 2.24) is 14.5 Å². The van der Waals surface area contributed by atoms with E-state index in [2.05, 4.69) is 13.8 Å². The van der Waals surface area contributed by atoms with Crippen LogP contribution in [0.2, 0.25) is 0 Å². The minimum atomic E-state index is -0.469. The Morgan fingerprint density at radius 1 is 0.973 bits per heavy atom. The standard InChI is InChI=1S/C30H33N3O4/c1-6-25(32(19-20(2)3)29(34)21-12-11-13-22(18-21)36-4)28-31-24-15-8-7-14-23(24)30(35)33(28)26-16-9-10-17-27(26)37-5/h7-18,20,25H,6,19H2,1-5H3. The Morgan fingerprint density at radius 2 is 1.70 bits per heavy atom. The molecule has 7 nitrogen and oxygen atoms in total. The Bertz CT molecular complexity index is 1460. The predicted octanol–water partition coefficient (Wildman–Crippen LogP) is 5.65. The molecule has 0 fully saturated rings. The second-order valence-electron chi connectivity index (χ2n) is 9.31. The summed E-state index contributed by atoms with van der Waals surface area (Å²) in [5.74, 6) is 1.70. The predicted molar refractivity (Wildman–Crippen MR) is 146 cm³/mol. The average molecular weight is 500 g/mol. The molecule has 3 aromatic carbocycles. The van der Waals surface area contributed by atoms with Crippen LogP contribution >= 0.6 is 0 Å². The first kappa shape index (κ1) is 25.9. The zero-order valence-electron chi connectivity index (χ0n) is 22.0. The number of aromatic nitrogens is 2. The summed E-state index contributed by atoms with van der Waals surface area (Å²) in [5, 5.41) is 0.501. The fraction of sp³-hybridized carbons (Fsp3) is 0.300. The second kappa shape index (κ2) is 11.3. The second-order valence-corrected chi connectivity index (χ2v) is 9.31. The monoisotopic (exact) mass is 499 g/mol. The smallest absolute Gasteiger partial charge is 0.266 e. The Balaban J connectivity index is 1.98. The van der Waals surface area contributed by atoms with Crippen LogP contribution in [0.15, 0.2) is 77.6 Å². The molecule has 0 aliphatic rings. The van der Waals surface area contributed by atoms with Crippen LogP contribution in [0.5, 0.6) is 11.5 Å². The minimum absolute atomic E-state index is 0.145. The van der Waals surface area contributed by atoms with Gasteiger partial charge < -0.3 is 14.4 Å². The van der Waals surface area contributed by atoms with Crippen molar-refractivity contribution in [3.63, 3.8) is 0 Å². The van der Waals surface area contributed by atoms with Crippen LogP contribution in [-0.4, -0.2) is 41.1 Å². The molecule has 192 valence electrons. The molecule has 1 aromatic heterocycles. The highest BCUT2D eigenvalue weighted by Crippen LogP contribution is 2.31. The van der Waals surface area contributed by atoms with Crippen molar-refractivity contribution in [3.05, 3.63) is 94.5 Å². The lowest BCUT2D eigenvalue weighted by molar-refractivity contribution is 0.0631. The maximum Gasteiger partial charge on any atom is 0.266 e. The quantitative estimate of drug-likeness (QED) is 0.297. The van der Waals surface area contributed by atoms with Crippen molar-refractivity contribution < 1.29 is 14.3 Å². The maximum atomic E-state index is 14.0. The van der Waals surface area contributed by atoms with Gasteiger partial charge in [-0.1, -0.05) is 51.1 Å². The number of benzene rings is 3.